The first-order valence-corrected chi connectivity index (χ1v) is 8.95. The first-order valence-electron chi connectivity index (χ1n) is 7.79. The van der Waals surface area contributed by atoms with Gasteiger partial charge in [0, 0.05) is 30.7 Å². The second kappa shape index (κ2) is 13.9. The number of pyridine rings is 1. The molecule has 1 unspecified atom stereocenters. The van der Waals surface area contributed by atoms with Crippen molar-refractivity contribution in [3.8, 4) is 0 Å². The lowest BCUT2D eigenvalue weighted by Crippen LogP contribution is -2.33. The van der Waals surface area contributed by atoms with Gasteiger partial charge >= 0.3 is 0 Å². The summed E-state index contributed by atoms with van der Waals surface area (Å²) < 4.78 is 0. The van der Waals surface area contributed by atoms with E-state index in [2.05, 4.69) is 15.6 Å². The molecule has 0 radical (unpaired) electrons. The van der Waals surface area contributed by atoms with Crippen molar-refractivity contribution in [3.05, 3.63) is 30.1 Å². The van der Waals surface area contributed by atoms with Crippen LogP contribution in [0.5, 0.6) is 0 Å². The molecule has 1 aliphatic rings. The zero-order valence-electron chi connectivity index (χ0n) is 13.3. The van der Waals surface area contributed by atoms with E-state index in [-0.39, 0.29) is 30.7 Å². The molecule has 2 N–H and O–H groups in total. The molecular formula is C16H27Cl2N3OS. The van der Waals surface area contributed by atoms with Crippen LogP contribution >= 0.6 is 36.6 Å². The molecule has 1 amide bonds. The third-order valence-electron chi connectivity index (χ3n) is 3.72. The standard InChI is InChI=1S/C16H25N3OS.2ClH/c20-16(19-10-6-14-4-3-8-17-12-14)7-11-21-13-15-5-1-2-9-18-15;;/h1-2,5,9,14,17H,3-4,6-8,10-13H2,(H,19,20);2*1H. The van der Waals surface area contributed by atoms with Gasteiger partial charge in [0.1, 0.15) is 0 Å². The quantitative estimate of drug-likeness (QED) is 0.681. The van der Waals surface area contributed by atoms with Gasteiger partial charge in [0.25, 0.3) is 0 Å². The van der Waals surface area contributed by atoms with Crippen molar-refractivity contribution in [1.29, 1.82) is 0 Å². The van der Waals surface area contributed by atoms with Crippen LogP contribution in [0.15, 0.2) is 24.4 Å². The van der Waals surface area contributed by atoms with Crippen molar-refractivity contribution in [3.63, 3.8) is 0 Å². The Morgan fingerprint density at radius 2 is 2.26 bits per heavy atom. The average Bonchev–Trinajstić information content (AvgIpc) is 2.54. The van der Waals surface area contributed by atoms with Crippen molar-refractivity contribution in [2.24, 2.45) is 5.92 Å². The number of thioether (sulfide) groups is 1. The summed E-state index contributed by atoms with van der Waals surface area (Å²) in [6.45, 7) is 3.07. The highest BCUT2D eigenvalue weighted by Crippen LogP contribution is 2.13. The smallest absolute Gasteiger partial charge is 0.220 e. The summed E-state index contributed by atoms with van der Waals surface area (Å²) in [4.78, 5) is 16.0. The van der Waals surface area contributed by atoms with Gasteiger partial charge in [0.15, 0.2) is 0 Å². The Labute approximate surface area is 155 Å². The van der Waals surface area contributed by atoms with E-state index < -0.39 is 0 Å². The molecule has 1 fully saturated rings. The monoisotopic (exact) mass is 379 g/mol. The van der Waals surface area contributed by atoms with Crippen molar-refractivity contribution in [1.82, 2.24) is 15.6 Å². The van der Waals surface area contributed by atoms with Crippen LogP contribution < -0.4 is 10.6 Å². The van der Waals surface area contributed by atoms with Crippen LogP contribution in [-0.4, -0.2) is 36.3 Å². The fourth-order valence-corrected chi connectivity index (χ4v) is 3.35. The predicted octanol–water partition coefficient (Wildman–Crippen LogP) is 3.05. The Morgan fingerprint density at radius 3 is 2.96 bits per heavy atom. The Balaban J connectivity index is 0.00000242. The van der Waals surface area contributed by atoms with Gasteiger partial charge < -0.3 is 10.6 Å². The number of nitrogens with zero attached hydrogens (tertiary/aromatic N) is 1. The van der Waals surface area contributed by atoms with E-state index in [1.165, 1.54) is 12.8 Å². The Morgan fingerprint density at radius 1 is 1.39 bits per heavy atom. The van der Waals surface area contributed by atoms with Gasteiger partial charge in [-0.15, -0.1) is 24.8 Å². The normalized spacial score (nSPS) is 16.8. The molecule has 1 saturated heterocycles. The van der Waals surface area contributed by atoms with Crippen LogP contribution in [0.3, 0.4) is 0 Å². The highest BCUT2D eigenvalue weighted by Gasteiger charge is 2.12. The number of piperidine rings is 1. The van der Waals surface area contributed by atoms with E-state index in [9.17, 15) is 4.79 Å². The predicted molar refractivity (Wildman–Crippen MR) is 103 cm³/mol. The maximum Gasteiger partial charge on any atom is 0.220 e. The summed E-state index contributed by atoms with van der Waals surface area (Å²) in [5, 5.41) is 6.44. The zero-order chi connectivity index (χ0) is 14.8. The van der Waals surface area contributed by atoms with Gasteiger partial charge in [0.05, 0.1) is 5.69 Å². The number of nitrogens with one attached hydrogen (secondary N) is 2. The zero-order valence-corrected chi connectivity index (χ0v) is 15.8. The van der Waals surface area contributed by atoms with Gasteiger partial charge in [-0.1, -0.05) is 6.07 Å². The van der Waals surface area contributed by atoms with Crippen LogP contribution in [0.1, 0.15) is 31.4 Å². The van der Waals surface area contributed by atoms with E-state index in [0.717, 1.165) is 49.2 Å². The van der Waals surface area contributed by atoms with Gasteiger partial charge in [0.2, 0.25) is 5.91 Å². The maximum absolute atomic E-state index is 11.7. The van der Waals surface area contributed by atoms with E-state index >= 15 is 0 Å². The Bertz CT molecular complexity index is 417. The number of hydrogen-bond acceptors (Lipinski definition) is 4. The van der Waals surface area contributed by atoms with E-state index in [0.29, 0.717) is 6.42 Å². The Kier molecular flexibility index (Phi) is 13.6. The highest BCUT2D eigenvalue weighted by atomic mass is 35.5. The number of carbonyl (C=O) groups excluding carboxylic acids is 1. The molecule has 1 aliphatic heterocycles. The highest BCUT2D eigenvalue weighted by molar-refractivity contribution is 7.98. The summed E-state index contributed by atoms with van der Waals surface area (Å²) in [6.07, 6.45) is 6.06. The molecule has 0 aliphatic carbocycles. The molecule has 1 atom stereocenters. The third-order valence-corrected chi connectivity index (χ3v) is 4.72. The number of halogens is 2. The van der Waals surface area contributed by atoms with Gasteiger partial charge in [-0.05, 0) is 50.4 Å². The van der Waals surface area contributed by atoms with Crippen LogP contribution in [0, 0.1) is 5.92 Å². The third kappa shape index (κ3) is 10.1. The molecule has 1 aromatic rings. The summed E-state index contributed by atoms with van der Waals surface area (Å²) in [5.74, 6) is 2.64. The molecule has 0 spiro atoms. The number of rotatable bonds is 8. The first-order chi connectivity index (χ1) is 10.3. The minimum absolute atomic E-state index is 0. The van der Waals surface area contributed by atoms with E-state index in [4.69, 9.17) is 0 Å². The van der Waals surface area contributed by atoms with Crippen LogP contribution in [0.2, 0.25) is 0 Å². The molecule has 1 aromatic heterocycles. The van der Waals surface area contributed by atoms with Crippen LogP contribution in [0.4, 0.5) is 0 Å². The number of carbonyl (C=O) groups is 1. The topological polar surface area (TPSA) is 54.0 Å². The lowest BCUT2D eigenvalue weighted by Gasteiger charge is -2.22. The Hall–Kier alpha value is -0.490. The lowest BCUT2D eigenvalue weighted by molar-refractivity contribution is -0.120. The van der Waals surface area contributed by atoms with Crippen molar-refractivity contribution >= 4 is 42.5 Å². The molecule has 2 rings (SSSR count). The average molecular weight is 380 g/mol. The van der Waals surface area contributed by atoms with Crippen LogP contribution in [-0.2, 0) is 10.5 Å². The molecule has 7 heteroatoms. The molecule has 132 valence electrons. The molecule has 2 heterocycles. The van der Waals surface area contributed by atoms with Crippen molar-refractivity contribution in [2.75, 3.05) is 25.4 Å². The summed E-state index contributed by atoms with van der Waals surface area (Å²) in [7, 11) is 0. The molecule has 4 nitrogen and oxygen atoms in total. The second-order valence-electron chi connectivity index (χ2n) is 5.47. The molecule has 0 aromatic carbocycles. The molecule has 23 heavy (non-hydrogen) atoms. The summed E-state index contributed by atoms with van der Waals surface area (Å²) in [6, 6.07) is 5.93. The molecule has 0 saturated carbocycles. The lowest BCUT2D eigenvalue weighted by atomic mass is 9.96. The first kappa shape index (κ1) is 22.5. The van der Waals surface area contributed by atoms with Gasteiger partial charge in [-0.25, -0.2) is 0 Å². The van der Waals surface area contributed by atoms with Gasteiger partial charge in [-0.3, -0.25) is 9.78 Å². The number of aromatic nitrogens is 1. The molecule has 0 bridgehead atoms. The van der Waals surface area contributed by atoms with Crippen LogP contribution in [0.25, 0.3) is 0 Å². The van der Waals surface area contributed by atoms with Crippen molar-refractivity contribution in [2.45, 2.75) is 31.4 Å². The fraction of sp³-hybridized carbons (Fsp3) is 0.625. The number of hydrogen-bond donors (Lipinski definition) is 2. The van der Waals surface area contributed by atoms with E-state index in [1.807, 2.05) is 24.4 Å². The maximum atomic E-state index is 11.7. The SMILES string of the molecule is Cl.Cl.O=C(CCSCc1ccccn1)NCCC1CCCNC1. The molecular weight excluding hydrogens is 353 g/mol. The summed E-state index contributed by atoms with van der Waals surface area (Å²) in [5.41, 5.74) is 1.08. The summed E-state index contributed by atoms with van der Waals surface area (Å²) >= 11 is 1.76. The number of amides is 1. The van der Waals surface area contributed by atoms with Gasteiger partial charge in [-0.2, -0.15) is 11.8 Å². The second-order valence-corrected chi connectivity index (χ2v) is 6.58. The largest absolute Gasteiger partial charge is 0.356 e. The minimum Gasteiger partial charge on any atom is -0.356 e. The fourth-order valence-electron chi connectivity index (χ4n) is 2.50. The minimum atomic E-state index is 0. The van der Waals surface area contributed by atoms with Crippen molar-refractivity contribution < 1.29 is 4.79 Å². The van der Waals surface area contributed by atoms with E-state index in [1.54, 1.807) is 11.8 Å².